The van der Waals surface area contributed by atoms with E-state index < -0.39 is 18.5 Å². The van der Waals surface area contributed by atoms with Crippen molar-refractivity contribution in [3.05, 3.63) is 46.8 Å². The number of fused-ring (bicyclic) bond motifs is 1. The third kappa shape index (κ3) is 6.16. The zero-order valence-electron chi connectivity index (χ0n) is 19.4. The van der Waals surface area contributed by atoms with Crippen molar-refractivity contribution in [3.63, 3.8) is 0 Å². The van der Waals surface area contributed by atoms with E-state index in [0.29, 0.717) is 36.3 Å². The van der Waals surface area contributed by atoms with Crippen molar-refractivity contribution < 1.29 is 23.8 Å². The molecule has 0 saturated heterocycles. The van der Waals surface area contributed by atoms with E-state index in [4.69, 9.17) is 14.2 Å². The standard InChI is InChI=1S/C25H29N3O5/c1-16(2)14-28-17(3)10-19(18(28)4)11-20(13-26)25(30)33-15-24(29)27-21-6-7-22-23(12-21)32-9-5-8-31-22/h6-7,10-12,16H,5,8-9,14-15H2,1-4H3,(H,27,29). The quantitative estimate of drug-likeness (QED) is 0.388. The number of carbonyl (C=O) groups is 2. The van der Waals surface area contributed by atoms with E-state index in [-0.39, 0.29) is 5.57 Å². The number of anilines is 1. The van der Waals surface area contributed by atoms with Crippen molar-refractivity contribution >= 4 is 23.6 Å². The first-order chi connectivity index (χ1) is 15.8. The third-order valence-corrected chi connectivity index (χ3v) is 5.17. The highest BCUT2D eigenvalue weighted by atomic mass is 16.5. The van der Waals surface area contributed by atoms with Gasteiger partial charge in [0.05, 0.1) is 13.2 Å². The number of nitrogens with one attached hydrogen (secondary N) is 1. The fourth-order valence-electron chi connectivity index (χ4n) is 3.56. The molecule has 0 spiro atoms. The minimum Gasteiger partial charge on any atom is -0.490 e. The molecule has 0 aliphatic carbocycles. The van der Waals surface area contributed by atoms with Crippen LogP contribution in [0.15, 0.2) is 29.8 Å². The molecule has 33 heavy (non-hydrogen) atoms. The van der Waals surface area contributed by atoms with Crippen LogP contribution in [0.25, 0.3) is 6.08 Å². The molecule has 1 aromatic carbocycles. The minimum atomic E-state index is -0.847. The van der Waals surface area contributed by atoms with Gasteiger partial charge in [0.25, 0.3) is 5.91 Å². The molecule has 8 nitrogen and oxygen atoms in total. The molecule has 3 rings (SSSR count). The molecule has 1 amide bonds. The largest absolute Gasteiger partial charge is 0.490 e. The van der Waals surface area contributed by atoms with Crippen molar-refractivity contribution in [2.24, 2.45) is 5.92 Å². The second-order valence-electron chi connectivity index (χ2n) is 8.34. The lowest BCUT2D eigenvalue weighted by Gasteiger charge is -2.12. The molecule has 1 N–H and O–H groups in total. The van der Waals surface area contributed by atoms with Gasteiger partial charge in [-0.25, -0.2) is 4.79 Å². The third-order valence-electron chi connectivity index (χ3n) is 5.17. The summed E-state index contributed by atoms with van der Waals surface area (Å²) < 4.78 is 18.4. The van der Waals surface area contributed by atoms with Gasteiger partial charge in [-0.2, -0.15) is 5.26 Å². The van der Waals surface area contributed by atoms with Crippen LogP contribution in [0, 0.1) is 31.1 Å². The molecule has 2 heterocycles. The Bertz CT molecular complexity index is 1110. The Morgan fingerprint density at radius 1 is 1.21 bits per heavy atom. The number of hydrogen-bond acceptors (Lipinski definition) is 6. The molecule has 0 bridgehead atoms. The number of nitriles is 1. The monoisotopic (exact) mass is 451 g/mol. The Labute approximate surface area is 193 Å². The van der Waals surface area contributed by atoms with Crippen molar-refractivity contribution in [1.82, 2.24) is 4.57 Å². The van der Waals surface area contributed by atoms with Gasteiger partial charge >= 0.3 is 5.97 Å². The van der Waals surface area contributed by atoms with Gasteiger partial charge in [0.15, 0.2) is 18.1 Å². The molecule has 1 aliphatic rings. The number of benzene rings is 1. The van der Waals surface area contributed by atoms with Gasteiger partial charge in [-0.05, 0) is 49.6 Å². The maximum Gasteiger partial charge on any atom is 0.349 e. The van der Waals surface area contributed by atoms with Crippen LogP contribution in [0.4, 0.5) is 5.69 Å². The van der Waals surface area contributed by atoms with Crippen LogP contribution in [-0.4, -0.2) is 36.3 Å². The molecule has 0 atom stereocenters. The summed E-state index contributed by atoms with van der Waals surface area (Å²) in [5.41, 5.74) is 3.12. The molecule has 8 heteroatoms. The Hall–Kier alpha value is -3.73. The molecule has 0 saturated carbocycles. The first kappa shape index (κ1) is 23.9. The highest BCUT2D eigenvalue weighted by Gasteiger charge is 2.17. The number of aromatic nitrogens is 1. The molecule has 174 valence electrons. The number of amides is 1. The molecule has 0 radical (unpaired) electrons. The predicted molar refractivity (Wildman–Crippen MR) is 124 cm³/mol. The lowest BCUT2D eigenvalue weighted by molar-refractivity contribution is -0.142. The maximum absolute atomic E-state index is 12.4. The van der Waals surface area contributed by atoms with Crippen molar-refractivity contribution in [2.45, 2.75) is 40.7 Å². The molecule has 1 aliphatic heterocycles. The lowest BCUT2D eigenvalue weighted by atomic mass is 10.1. The van der Waals surface area contributed by atoms with Gasteiger partial charge in [-0.3, -0.25) is 4.79 Å². The van der Waals surface area contributed by atoms with Crippen LogP contribution in [0.2, 0.25) is 0 Å². The Kier molecular flexibility index (Phi) is 7.78. The van der Waals surface area contributed by atoms with Crippen LogP contribution in [0.3, 0.4) is 0 Å². The molecular formula is C25H29N3O5. The zero-order chi connectivity index (χ0) is 24.0. The van der Waals surface area contributed by atoms with Gasteiger partial charge in [-0.1, -0.05) is 13.8 Å². The zero-order valence-corrected chi connectivity index (χ0v) is 19.4. The van der Waals surface area contributed by atoms with Crippen molar-refractivity contribution in [2.75, 3.05) is 25.1 Å². The van der Waals surface area contributed by atoms with E-state index >= 15 is 0 Å². The fraction of sp³-hybridized carbons (Fsp3) is 0.400. The van der Waals surface area contributed by atoms with E-state index in [9.17, 15) is 14.9 Å². The summed E-state index contributed by atoms with van der Waals surface area (Å²) in [5, 5.41) is 12.1. The second-order valence-corrected chi connectivity index (χ2v) is 8.34. The highest BCUT2D eigenvalue weighted by Crippen LogP contribution is 2.32. The summed E-state index contributed by atoms with van der Waals surface area (Å²) in [4.78, 5) is 24.7. The van der Waals surface area contributed by atoms with Crippen LogP contribution in [-0.2, 0) is 20.9 Å². The smallest absolute Gasteiger partial charge is 0.349 e. The summed E-state index contributed by atoms with van der Waals surface area (Å²) in [6.07, 6.45) is 2.28. The van der Waals surface area contributed by atoms with Gasteiger partial charge in [0.2, 0.25) is 0 Å². The first-order valence-electron chi connectivity index (χ1n) is 10.9. The number of esters is 1. The van der Waals surface area contributed by atoms with Crippen LogP contribution in [0.1, 0.15) is 37.2 Å². The SMILES string of the molecule is Cc1cc(C=C(C#N)C(=O)OCC(=O)Nc2ccc3c(c2)OCCCO3)c(C)n1CC(C)C. The average molecular weight is 452 g/mol. The Morgan fingerprint density at radius 3 is 2.64 bits per heavy atom. The van der Waals surface area contributed by atoms with Gasteiger partial charge in [0.1, 0.15) is 11.6 Å². The normalized spacial score (nSPS) is 13.3. The number of nitrogens with zero attached hydrogens (tertiary/aromatic N) is 2. The van der Waals surface area contributed by atoms with E-state index in [2.05, 4.69) is 23.7 Å². The first-order valence-corrected chi connectivity index (χ1v) is 10.9. The number of rotatable bonds is 7. The van der Waals surface area contributed by atoms with E-state index in [1.54, 1.807) is 18.2 Å². The number of ether oxygens (including phenoxy) is 3. The molecule has 2 aromatic rings. The Balaban J connectivity index is 1.62. The number of aryl methyl sites for hydroxylation is 1. The van der Waals surface area contributed by atoms with Crippen molar-refractivity contribution in [3.8, 4) is 17.6 Å². The molecule has 1 aromatic heterocycles. The predicted octanol–water partition coefficient (Wildman–Crippen LogP) is 4.01. The molecule has 0 fully saturated rings. The summed E-state index contributed by atoms with van der Waals surface area (Å²) in [6.45, 7) is 9.63. The maximum atomic E-state index is 12.4. The number of carbonyl (C=O) groups excluding carboxylic acids is 2. The topological polar surface area (TPSA) is 103 Å². The van der Waals surface area contributed by atoms with E-state index in [0.717, 1.165) is 29.9 Å². The highest BCUT2D eigenvalue weighted by molar-refractivity contribution is 6.00. The van der Waals surface area contributed by atoms with Gasteiger partial charge in [-0.15, -0.1) is 0 Å². The summed E-state index contributed by atoms with van der Waals surface area (Å²) >= 11 is 0. The molecular weight excluding hydrogens is 422 g/mol. The van der Waals surface area contributed by atoms with Crippen LogP contribution >= 0.6 is 0 Å². The van der Waals surface area contributed by atoms with Crippen LogP contribution < -0.4 is 14.8 Å². The van der Waals surface area contributed by atoms with Gasteiger partial charge < -0.3 is 24.1 Å². The van der Waals surface area contributed by atoms with Crippen LogP contribution in [0.5, 0.6) is 11.5 Å². The summed E-state index contributed by atoms with van der Waals surface area (Å²) in [7, 11) is 0. The second kappa shape index (κ2) is 10.7. The minimum absolute atomic E-state index is 0.164. The van der Waals surface area contributed by atoms with Gasteiger partial charge in [0, 0.05) is 36.1 Å². The lowest BCUT2D eigenvalue weighted by Crippen LogP contribution is -2.21. The van der Waals surface area contributed by atoms with E-state index in [1.807, 2.05) is 26.0 Å². The average Bonchev–Trinajstić information content (AvgIpc) is 2.94. The fourth-order valence-corrected chi connectivity index (χ4v) is 3.56. The van der Waals surface area contributed by atoms with Crippen molar-refractivity contribution in [1.29, 1.82) is 5.26 Å². The Morgan fingerprint density at radius 2 is 1.94 bits per heavy atom. The summed E-state index contributed by atoms with van der Waals surface area (Å²) in [6, 6.07) is 8.86. The number of hydrogen-bond donors (Lipinski definition) is 1. The van der Waals surface area contributed by atoms with E-state index in [1.165, 1.54) is 6.08 Å². The molecule has 0 unspecified atom stereocenters. The summed E-state index contributed by atoms with van der Waals surface area (Å²) in [5.74, 6) is 0.259.